The molecule has 0 unspecified atom stereocenters. The predicted octanol–water partition coefficient (Wildman–Crippen LogP) is 2.15. The fourth-order valence-corrected chi connectivity index (χ4v) is 1.88. The molecule has 0 saturated carbocycles. The zero-order chi connectivity index (χ0) is 9.97. The highest BCUT2D eigenvalue weighted by Crippen LogP contribution is 2.22. The third-order valence-corrected chi connectivity index (χ3v) is 2.83. The summed E-state index contributed by atoms with van der Waals surface area (Å²) in [6, 6.07) is 6.03. The predicted molar refractivity (Wildman–Crippen MR) is 61.1 cm³/mol. The molecule has 4 heteroatoms. The first-order chi connectivity index (χ1) is 6.81. The van der Waals surface area contributed by atoms with E-state index in [0.717, 1.165) is 28.3 Å². The molecule has 3 nitrogen and oxygen atoms in total. The molecule has 0 saturated heterocycles. The zero-order valence-corrected chi connectivity index (χ0v) is 9.37. The molecule has 0 aliphatic rings. The van der Waals surface area contributed by atoms with Gasteiger partial charge in [-0.05, 0) is 25.1 Å². The summed E-state index contributed by atoms with van der Waals surface area (Å²) >= 11 is 3.50. The number of nitrogens with zero attached hydrogens (tertiary/aromatic N) is 2. The summed E-state index contributed by atoms with van der Waals surface area (Å²) in [5.74, 6) is 0. The van der Waals surface area contributed by atoms with Gasteiger partial charge in [0, 0.05) is 22.6 Å². The molecule has 2 aromatic rings. The van der Waals surface area contributed by atoms with Gasteiger partial charge in [-0.2, -0.15) is 5.10 Å². The van der Waals surface area contributed by atoms with Crippen LogP contribution in [0.25, 0.3) is 10.9 Å². The Morgan fingerprint density at radius 1 is 1.43 bits per heavy atom. The second kappa shape index (κ2) is 4.11. The summed E-state index contributed by atoms with van der Waals surface area (Å²) in [6.07, 6.45) is 3.01. The van der Waals surface area contributed by atoms with Gasteiger partial charge < -0.3 is 5.73 Å². The van der Waals surface area contributed by atoms with E-state index in [9.17, 15) is 0 Å². The van der Waals surface area contributed by atoms with Crippen molar-refractivity contribution in [3.8, 4) is 0 Å². The van der Waals surface area contributed by atoms with Crippen LogP contribution in [0, 0.1) is 0 Å². The second-order valence-electron chi connectivity index (χ2n) is 3.21. The Hall–Kier alpha value is -0.870. The summed E-state index contributed by atoms with van der Waals surface area (Å²) in [6.45, 7) is 1.59. The van der Waals surface area contributed by atoms with E-state index in [1.807, 2.05) is 22.9 Å². The molecule has 0 fully saturated rings. The minimum Gasteiger partial charge on any atom is -0.330 e. The maximum atomic E-state index is 5.45. The lowest BCUT2D eigenvalue weighted by Crippen LogP contribution is -2.05. The number of nitrogens with two attached hydrogens (primary N) is 1. The first-order valence-electron chi connectivity index (χ1n) is 4.63. The number of benzene rings is 1. The Morgan fingerprint density at radius 3 is 3.00 bits per heavy atom. The molecule has 2 rings (SSSR count). The Bertz CT molecular complexity index is 436. The highest BCUT2D eigenvalue weighted by molar-refractivity contribution is 9.10. The van der Waals surface area contributed by atoms with Crippen molar-refractivity contribution in [1.82, 2.24) is 9.78 Å². The van der Waals surface area contributed by atoms with Gasteiger partial charge in [-0.25, -0.2) is 0 Å². The molecule has 1 aromatic carbocycles. The van der Waals surface area contributed by atoms with Gasteiger partial charge in [0.1, 0.15) is 0 Å². The van der Waals surface area contributed by atoms with Crippen LogP contribution in [-0.2, 0) is 6.54 Å². The van der Waals surface area contributed by atoms with Gasteiger partial charge in [-0.15, -0.1) is 0 Å². The number of hydrogen-bond donors (Lipinski definition) is 1. The van der Waals surface area contributed by atoms with Crippen molar-refractivity contribution in [2.24, 2.45) is 5.73 Å². The number of fused-ring (bicyclic) bond motifs is 1. The molecule has 1 heterocycles. The molecule has 2 N–H and O–H groups in total. The summed E-state index contributed by atoms with van der Waals surface area (Å²) in [4.78, 5) is 0. The monoisotopic (exact) mass is 253 g/mol. The highest BCUT2D eigenvalue weighted by atomic mass is 79.9. The van der Waals surface area contributed by atoms with Gasteiger partial charge >= 0.3 is 0 Å². The normalized spacial score (nSPS) is 11.0. The standard InChI is InChI=1S/C10H12BrN3/c11-9-3-1-4-10-8(9)7-14(13-10)6-2-5-12/h1,3-4,7H,2,5-6,12H2. The third-order valence-electron chi connectivity index (χ3n) is 2.14. The van der Waals surface area contributed by atoms with Gasteiger partial charge in [-0.3, -0.25) is 4.68 Å². The molecular weight excluding hydrogens is 242 g/mol. The van der Waals surface area contributed by atoms with Crippen molar-refractivity contribution in [3.05, 3.63) is 28.9 Å². The smallest absolute Gasteiger partial charge is 0.0934 e. The Labute approximate surface area is 91.0 Å². The molecule has 14 heavy (non-hydrogen) atoms. The van der Waals surface area contributed by atoms with Crippen LogP contribution in [-0.4, -0.2) is 16.3 Å². The van der Waals surface area contributed by atoms with Crippen LogP contribution in [0.2, 0.25) is 0 Å². The fraction of sp³-hybridized carbons (Fsp3) is 0.300. The van der Waals surface area contributed by atoms with E-state index in [-0.39, 0.29) is 0 Å². The topological polar surface area (TPSA) is 43.8 Å². The van der Waals surface area contributed by atoms with E-state index in [0.29, 0.717) is 6.54 Å². The maximum Gasteiger partial charge on any atom is 0.0934 e. The Balaban J connectivity index is 2.36. The van der Waals surface area contributed by atoms with E-state index < -0.39 is 0 Å². The van der Waals surface area contributed by atoms with E-state index in [1.165, 1.54) is 0 Å². The van der Waals surface area contributed by atoms with Gasteiger partial charge in [0.05, 0.1) is 5.52 Å². The van der Waals surface area contributed by atoms with Crippen molar-refractivity contribution < 1.29 is 0 Å². The summed E-state index contributed by atoms with van der Waals surface area (Å²) in [5.41, 5.74) is 6.47. The van der Waals surface area contributed by atoms with Gasteiger partial charge in [0.25, 0.3) is 0 Å². The molecule has 0 atom stereocenters. The van der Waals surface area contributed by atoms with Crippen LogP contribution in [0.15, 0.2) is 28.9 Å². The van der Waals surface area contributed by atoms with Crippen molar-refractivity contribution in [2.45, 2.75) is 13.0 Å². The van der Waals surface area contributed by atoms with Crippen molar-refractivity contribution in [3.63, 3.8) is 0 Å². The summed E-state index contributed by atoms with van der Waals surface area (Å²) in [7, 11) is 0. The van der Waals surface area contributed by atoms with Crippen molar-refractivity contribution in [2.75, 3.05) is 6.54 Å². The maximum absolute atomic E-state index is 5.45. The van der Waals surface area contributed by atoms with Gasteiger partial charge in [0.15, 0.2) is 0 Å². The summed E-state index contributed by atoms with van der Waals surface area (Å²) in [5, 5.41) is 5.60. The zero-order valence-electron chi connectivity index (χ0n) is 7.78. The lowest BCUT2D eigenvalue weighted by Gasteiger charge is -1.96. The molecule has 0 spiro atoms. The first kappa shape index (κ1) is 9.68. The molecule has 0 aliphatic heterocycles. The van der Waals surface area contributed by atoms with Crippen LogP contribution in [0.4, 0.5) is 0 Å². The number of aryl methyl sites for hydroxylation is 1. The molecular formula is C10H12BrN3. The minimum absolute atomic E-state index is 0.706. The molecule has 1 aromatic heterocycles. The Kier molecular flexibility index (Phi) is 2.84. The number of halogens is 1. The van der Waals surface area contributed by atoms with Crippen LogP contribution in [0.1, 0.15) is 6.42 Å². The highest BCUT2D eigenvalue weighted by Gasteiger charge is 2.02. The average Bonchev–Trinajstić information content (AvgIpc) is 2.59. The molecule has 0 bridgehead atoms. The second-order valence-corrected chi connectivity index (χ2v) is 4.06. The average molecular weight is 254 g/mol. The van der Waals surface area contributed by atoms with Crippen LogP contribution >= 0.6 is 15.9 Å². The minimum atomic E-state index is 0.706. The number of rotatable bonds is 3. The van der Waals surface area contributed by atoms with Crippen LogP contribution in [0.5, 0.6) is 0 Å². The Morgan fingerprint density at radius 2 is 2.29 bits per heavy atom. The first-order valence-corrected chi connectivity index (χ1v) is 5.42. The molecule has 74 valence electrons. The third kappa shape index (κ3) is 1.81. The van der Waals surface area contributed by atoms with Crippen molar-refractivity contribution in [1.29, 1.82) is 0 Å². The van der Waals surface area contributed by atoms with E-state index >= 15 is 0 Å². The van der Waals surface area contributed by atoms with Gasteiger partial charge in [-0.1, -0.05) is 22.0 Å². The lowest BCUT2D eigenvalue weighted by atomic mass is 10.3. The number of hydrogen-bond acceptors (Lipinski definition) is 2. The largest absolute Gasteiger partial charge is 0.330 e. The fourth-order valence-electron chi connectivity index (χ4n) is 1.42. The molecule has 0 aliphatic carbocycles. The van der Waals surface area contributed by atoms with E-state index in [4.69, 9.17) is 5.73 Å². The van der Waals surface area contributed by atoms with E-state index in [1.54, 1.807) is 0 Å². The SMILES string of the molecule is NCCCn1cc2c(Br)cccc2n1. The quantitative estimate of drug-likeness (QED) is 0.911. The lowest BCUT2D eigenvalue weighted by molar-refractivity contribution is 0.590. The van der Waals surface area contributed by atoms with Crippen LogP contribution < -0.4 is 5.73 Å². The number of aromatic nitrogens is 2. The van der Waals surface area contributed by atoms with Crippen LogP contribution in [0.3, 0.4) is 0 Å². The molecule has 0 radical (unpaired) electrons. The molecule has 0 amide bonds. The summed E-state index contributed by atoms with van der Waals surface area (Å²) < 4.78 is 3.04. The van der Waals surface area contributed by atoms with Crippen molar-refractivity contribution >= 4 is 26.8 Å². The van der Waals surface area contributed by atoms with Gasteiger partial charge in [0.2, 0.25) is 0 Å². The van der Waals surface area contributed by atoms with E-state index in [2.05, 4.69) is 27.2 Å².